The molecule has 18 heavy (non-hydrogen) atoms. The third kappa shape index (κ3) is 3.53. The molecule has 0 aromatic carbocycles. The van der Waals surface area contributed by atoms with Gasteiger partial charge in [0.2, 0.25) is 0 Å². The largest absolute Gasteiger partial charge is 0.378 e. The van der Waals surface area contributed by atoms with E-state index in [9.17, 15) is 0 Å². The van der Waals surface area contributed by atoms with Crippen LogP contribution < -0.4 is 5.32 Å². The van der Waals surface area contributed by atoms with Gasteiger partial charge in [-0.1, -0.05) is 13.8 Å². The van der Waals surface area contributed by atoms with Gasteiger partial charge in [0.1, 0.15) is 0 Å². The molecule has 0 bridgehead atoms. The molecule has 0 unspecified atom stereocenters. The molecule has 1 aliphatic rings. The lowest BCUT2D eigenvalue weighted by atomic mass is 10.1. The van der Waals surface area contributed by atoms with Crippen molar-refractivity contribution in [1.29, 1.82) is 0 Å². The molecule has 1 fully saturated rings. The predicted octanol–water partition coefficient (Wildman–Crippen LogP) is 3.45. The van der Waals surface area contributed by atoms with Crippen LogP contribution in [0, 0.1) is 0 Å². The van der Waals surface area contributed by atoms with Crippen molar-refractivity contribution in [3.8, 4) is 0 Å². The van der Waals surface area contributed by atoms with Crippen LogP contribution in [-0.2, 0) is 17.9 Å². The zero-order valence-electron chi connectivity index (χ0n) is 11.7. The van der Waals surface area contributed by atoms with Gasteiger partial charge in [0.25, 0.3) is 0 Å². The van der Waals surface area contributed by atoms with Crippen LogP contribution in [0.2, 0.25) is 0 Å². The van der Waals surface area contributed by atoms with Crippen molar-refractivity contribution in [2.75, 3.05) is 7.11 Å². The lowest BCUT2D eigenvalue weighted by Gasteiger charge is -2.07. The van der Waals surface area contributed by atoms with E-state index in [4.69, 9.17) is 9.72 Å². The molecule has 0 amide bonds. The zero-order valence-corrected chi connectivity index (χ0v) is 12.5. The summed E-state index contributed by atoms with van der Waals surface area (Å²) < 4.78 is 5.27. The van der Waals surface area contributed by atoms with Gasteiger partial charge in [-0.05, 0) is 25.7 Å². The Hall–Kier alpha value is -0.450. The maximum Gasteiger partial charge on any atom is 0.0963 e. The number of rotatable bonds is 8. The summed E-state index contributed by atoms with van der Waals surface area (Å²) in [5, 5.41) is 4.87. The van der Waals surface area contributed by atoms with Gasteiger partial charge in [0.15, 0.2) is 0 Å². The van der Waals surface area contributed by atoms with E-state index in [-0.39, 0.29) is 0 Å². The summed E-state index contributed by atoms with van der Waals surface area (Å²) in [4.78, 5) is 6.16. The van der Waals surface area contributed by atoms with Crippen molar-refractivity contribution < 1.29 is 4.74 Å². The molecule has 0 saturated heterocycles. The number of ether oxygens (including phenoxy) is 1. The van der Waals surface area contributed by atoms with Gasteiger partial charge < -0.3 is 10.1 Å². The molecule has 3 nitrogen and oxygen atoms in total. The first-order valence-electron chi connectivity index (χ1n) is 6.99. The summed E-state index contributed by atoms with van der Waals surface area (Å²) >= 11 is 1.87. The molecule has 0 radical (unpaired) electrons. The van der Waals surface area contributed by atoms with E-state index >= 15 is 0 Å². The maximum atomic E-state index is 5.27. The molecule has 0 atom stereocenters. The maximum absolute atomic E-state index is 5.27. The Balaban J connectivity index is 2.08. The van der Waals surface area contributed by atoms with E-state index in [1.165, 1.54) is 35.6 Å². The molecule has 2 rings (SSSR count). The minimum absolute atomic E-state index is 0.611. The zero-order chi connectivity index (χ0) is 13.0. The van der Waals surface area contributed by atoms with Gasteiger partial charge in [-0.3, -0.25) is 0 Å². The van der Waals surface area contributed by atoms with Crippen molar-refractivity contribution in [3.05, 3.63) is 15.6 Å². The average molecular weight is 268 g/mol. The van der Waals surface area contributed by atoms with Crippen molar-refractivity contribution >= 4 is 11.3 Å². The van der Waals surface area contributed by atoms with Crippen LogP contribution in [0.4, 0.5) is 0 Å². The van der Waals surface area contributed by atoms with E-state index in [1.807, 2.05) is 11.3 Å². The van der Waals surface area contributed by atoms with Crippen LogP contribution in [-0.4, -0.2) is 18.1 Å². The summed E-state index contributed by atoms with van der Waals surface area (Å²) in [7, 11) is 1.74. The second-order valence-electron chi connectivity index (χ2n) is 5.02. The van der Waals surface area contributed by atoms with Gasteiger partial charge in [-0.2, -0.15) is 0 Å². The molecule has 1 aromatic heterocycles. The average Bonchev–Trinajstić information content (AvgIpc) is 3.12. The fourth-order valence-corrected chi connectivity index (χ4v) is 3.41. The third-order valence-electron chi connectivity index (χ3n) is 3.54. The number of nitrogens with one attached hydrogen (secondary N) is 1. The summed E-state index contributed by atoms with van der Waals surface area (Å²) in [5.41, 5.74) is 1.14. The Bertz CT molecular complexity index is 370. The number of aromatic nitrogens is 1. The van der Waals surface area contributed by atoms with Gasteiger partial charge in [0, 0.05) is 30.5 Å². The lowest BCUT2D eigenvalue weighted by molar-refractivity contribution is 0.181. The summed E-state index contributed by atoms with van der Waals surface area (Å²) in [5.74, 6) is 0.611. The summed E-state index contributed by atoms with van der Waals surface area (Å²) in [6.45, 7) is 6.08. The molecular formula is C14H24N2OS. The quantitative estimate of drug-likeness (QED) is 0.784. The number of hydrogen-bond acceptors (Lipinski definition) is 4. The standard InChI is InChI=1S/C14H24N2OS/c1-4-10(5-2)14-16-12(9-17-3)13(18-14)8-15-11-6-7-11/h10-11,15H,4-9H2,1-3H3. The van der Waals surface area contributed by atoms with Crippen molar-refractivity contribution in [1.82, 2.24) is 10.3 Å². The Labute approximate surface area is 114 Å². The van der Waals surface area contributed by atoms with Gasteiger partial charge >= 0.3 is 0 Å². The first-order valence-corrected chi connectivity index (χ1v) is 7.80. The highest BCUT2D eigenvalue weighted by molar-refractivity contribution is 7.11. The van der Waals surface area contributed by atoms with E-state index in [0.717, 1.165) is 18.3 Å². The summed E-state index contributed by atoms with van der Waals surface area (Å²) in [6.07, 6.45) is 5.01. The van der Waals surface area contributed by atoms with Gasteiger partial charge in [-0.25, -0.2) is 4.98 Å². The molecule has 4 heteroatoms. The highest BCUT2D eigenvalue weighted by atomic mass is 32.1. The Morgan fingerprint density at radius 3 is 2.67 bits per heavy atom. The van der Waals surface area contributed by atoms with Crippen LogP contribution in [0.3, 0.4) is 0 Å². The molecule has 1 saturated carbocycles. The highest BCUT2D eigenvalue weighted by Crippen LogP contribution is 2.30. The monoisotopic (exact) mass is 268 g/mol. The van der Waals surface area contributed by atoms with Crippen LogP contribution >= 0.6 is 11.3 Å². The Morgan fingerprint density at radius 2 is 2.11 bits per heavy atom. The van der Waals surface area contributed by atoms with Crippen molar-refractivity contribution in [2.24, 2.45) is 0 Å². The first-order chi connectivity index (χ1) is 8.78. The number of thiazole rings is 1. The smallest absolute Gasteiger partial charge is 0.0963 e. The van der Waals surface area contributed by atoms with Crippen LogP contribution in [0.25, 0.3) is 0 Å². The fourth-order valence-electron chi connectivity index (χ4n) is 2.13. The van der Waals surface area contributed by atoms with Crippen LogP contribution in [0.15, 0.2) is 0 Å². The molecule has 0 aliphatic heterocycles. The fraction of sp³-hybridized carbons (Fsp3) is 0.786. The minimum Gasteiger partial charge on any atom is -0.378 e. The van der Waals surface area contributed by atoms with Crippen molar-refractivity contribution in [3.63, 3.8) is 0 Å². The Morgan fingerprint density at radius 1 is 1.39 bits per heavy atom. The van der Waals surface area contributed by atoms with Crippen LogP contribution in [0.5, 0.6) is 0 Å². The lowest BCUT2D eigenvalue weighted by Crippen LogP contribution is -2.15. The normalized spacial score (nSPS) is 15.6. The number of methoxy groups -OCH3 is 1. The highest BCUT2D eigenvalue weighted by Gasteiger charge is 2.22. The van der Waals surface area contributed by atoms with E-state index in [2.05, 4.69) is 19.2 Å². The van der Waals surface area contributed by atoms with E-state index < -0.39 is 0 Å². The Kier molecular flexibility index (Phi) is 5.15. The second kappa shape index (κ2) is 6.64. The topological polar surface area (TPSA) is 34.1 Å². The predicted molar refractivity (Wildman–Crippen MR) is 76.0 cm³/mol. The van der Waals surface area contributed by atoms with E-state index in [1.54, 1.807) is 7.11 Å². The van der Waals surface area contributed by atoms with Gasteiger partial charge in [0.05, 0.1) is 17.3 Å². The molecule has 102 valence electrons. The SMILES string of the molecule is CCC(CC)c1nc(COC)c(CNC2CC2)s1. The van der Waals surface area contributed by atoms with Crippen LogP contribution in [0.1, 0.15) is 61.0 Å². The molecule has 0 spiro atoms. The summed E-state index contributed by atoms with van der Waals surface area (Å²) in [6, 6.07) is 0.749. The molecular weight excluding hydrogens is 244 g/mol. The third-order valence-corrected chi connectivity index (χ3v) is 4.80. The minimum atomic E-state index is 0.611. The number of nitrogens with zero attached hydrogens (tertiary/aromatic N) is 1. The molecule has 1 aromatic rings. The van der Waals surface area contributed by atoms with Crippen molar-refractivity contribution in [2.45, 2.75) is 64.6 Å². The number of hydrogen-bond donors (Lipinski definition) is 1. The first kappa shape index (κ1) is 14.0. The van der Waals surface area contributed by atoms with Gasteiger partial charge in [-0.15, -0.1) is 11.3 Å². The molecule has 1 aliphatic carbocycles. The van der Waals surface area contributed by atoms with E-state index in [0.29, 0.717) is 12.5 Å². The molecule has 1 heterocycles. The second-order valence-corrected chi connectivity index (χ2v) is 6.14. The molecule has 1 N–H and O–H groups in total.